The predicted octanol–water partition coefficient (Wildman–Crippen LogP) is 3.11. The van der Waals surface area contributed by atoms with Crippen molar-refractivity contribution in [3.8, 4) is 11.1 Å². The Bertz CT molecular complexity index is 962. The first-order chi connectivity index (χ1) is 12.5. The molecule has 0 bridgehead atoms. The van der Waals surface area contributed by atoms with Crippen LogP contribution in [-0.2, 0) is 0 Å². The van der Waals surface area contributed by atoms with Gasteiger partial charge in [-0.15, -0.1) is 0 Å². The molecule has 3 aromatic rings. The lowest BCUT2D eigenvalue weighted by Crippen LogP contribution is -2.48. The molecule has 134 valence electrons. The third-order valence-electron chi connectivity index (χ3n) is 4.73. The van der Waals surface area contributed by atoms with Crippen LogP contribution < -0.4 is 4.90 Å². The fourth-order valence-corrected chi connectivity index (χ4v) is 3.77. The maximum atomic E-state index is 11.0. The average Bonchev–Trinajstić information content (AvgIpc) is 3.01. The summed E-state index contributed by atoms with van der Waals surface area (Å²) in [5.74, 6) is 0. The molecule has 0 aliphatic carbocycles. The fourth-order valence-electron chi connectivity index (χ4n) is 3.27. The van der Waals surface area contributed by atoms with E-state index in [2.05, 4.69) is 67.9 Å². The Morgan fingerprint density at radius 1 is 1.15 bits per heavy atom. The Kier molecular flexibility index (Phi) is 4.43. The van der Waals surface area contributed by atoms with Gasteiger partial charge in [-0.25, -0.2) is 14.3 Å². The molecule has 1 saturated heterocycles. The van der Waals surface area contributed by atoms with Gasteiger partial charge in [0.15, 0.2) is 5.65 Å². The minimum Gasteiger partial charge on any atom is -0.465 e. The Balaban J connectivity index is 1.57. The topological polar surface area (TPSA) is 74.0 Å². The molecule has 1 N–H and O–H groups in total. The molecule has 0 radical (unpaired) electrons. The summed E-state index contributed by atoms with van der Waals surface area (Å²) >= 11 is 2.22. The van der Waals surface area contributed by atoms with Crippen LogP contribution in [0.3, 0.4) is 0 Å². The Morgan fingerprint density at radius 3 is 2.50 bits per heavy atom. The molecule has 0 unspecified atom stereocenters. The van der Waals surface area contributed by atoms with Crippen molar-refractivity contribution >= 4 is 40.0 Å². The van der Waals surface area contributed by atoms with Crippen molar-refractivity contribution in [3.05, 3.63) is 45.9 Å². The van der Waals surface area contributed by atoms with Crippen molar-refractivity contribution in [1.29, 1.82) is 0 Å². The molecule has 0 spiro atoms. The molecule has 1 aliphatic heterocycles. The molecule has 1 amide bonds. The molecular weight excluding hydrogens is 445 g/mol. The largest absolute Gasteiger partial charge is 0.465 e. The first kappa shape index (κ1) is 17.1. The maximum Gasteiger partial charge on any atom is 0.407 e. The number of carboxylic acid groups (broad SMARTS) is 1. The number of carbonyl (C=O) groups is 1. The highest BCUT2D eigenvalue weighted by atomic mass is 127. The number of imidazole rings is 1. The fraction of sp³-hybridized carbons (Fsp3) is 0.278. The molecule has 0 saturated carbocycles. The van der Waals surface area contributed by atoms with E-state index in [1.807, 2.05) is 17.6 Å². The van der Waals surface area contributed by atoms with Gasteiger partial charge in [0.2, 0.25) is 0 Å². The lowest BCUT2D eigenvalue weighted by atomic mass is 10.0. The molecule has 0 atom stereocenters. The average molecular weight is 463 g/mol. The quantitative estimate of drug-likeness (QED) is 0.592. The third-order valence-corrected chi connectivity index (χ3v) is 5.47. The highest BCUT2D eigenvalue weighted by Crippen LogP contribution is 2.27. The van der Waals surface area contributed by atoms with Crippen LogP contribution in [0.15, 0.2) is 36.5 Å². The number of aromatic nitrogens is 3. The molecule has 26 heavy (non-hydrogen) atoms. The number of anilines is 1. The van der Waals surface area contributed by atoms with Gasteiger partial charge in [-0.05, 0) is 53.3 Å². The van der Waals surface area contributed by atoms with Crippen molar-refractivity contribution in [2.45, 2.75) is 6.92 Å². The molecule has 7 nitrogen and oxygen atoms in total. The normalized spacial score (nSPS) is 14.8. The van der Waals surface area contributed by atoms with Crippen molar-refractivity contribution in [2.75, 3.05) is 31.1 Å². The summed E-state index contributed by atoms with van der Waals surface area (Å²) in [6.45, 7) is 4.50. The number of hydrogen-bond acceptors (Lipinski definition) is 4. The summed E-state index contributed by atoms with van der Waals surface area (Å²) < 4.78 is 2.83. The van der Waals surface area contributed by atoms with Gasteiger partial charge in [0, 0.05) is 37.4 Å². The van der Waals surface area contributed by atoms with Crippen LogP contribution in [0.1, 0.15) is 5.69 Å². The molecule has 2 aromatic heterocycles. The van der Waals surface area contributed by atoms with E-state index in [1.54, 1.807) is 0 Å². The summed E-state index contributed by atoms with van der Waals surface area (Å²) in [7, 11) is 0. The van der Waals surface area contributed by atoms with Crippen LogP contribution in [0.4, 0.5) is 10.5 Å². The molecule has 3 heterocycles. The zero-order chi connectivity index (χ0) is 18.3. The summed E-state index contributed by atoms with van der Waals surface area (Å²) in [6.07, 6.45) is 0.971. The Hall–Kier alpha value is -2.36. The highest BCUT2D eigenvalue weighted by molar-refractivity contribution is 14.1. The van der Waals surface area contributed by atoms with Gasteiger partial charge in [-0.3, -0.25) is 0 Å². The summed E-state index contributed by atoms with van der Waals surface area (Å²) in [6, 6.07) is 10.4. The van der Waals surface area contributed by atoms with E-state index >= 15 is 0 Å². The van der Waals surface area contributed by atoms with Crippen molar-refractivity contribution < 1.29 is 9.90 Å². The Morgan fingerprint density at radius 2 is 1.85 bits per heavy atom. The second-order valence-corrected chi connectivity index (χ2v) is 7.40. The lowest BCUT2D eigenvalue weighted by molar-refractivity contribution is 0.142. The van der Waals surface area contributed by atoms with E-state index in [0.717, 1.165) is 31.9 Å². The SMILES string of the molecule is Cc1nn2c(I)cnc2cc1-c1ccc(N2CCN(C(=O)O)CC2)cc1. The number of nitrogens with zero attached hydrogens (tertiary/aromatic N) is 5. The van der Waals surface area contributed by atoms with E-state index in [4.69, 9.17) is 5.11 Å². The van der Waals surface area contributed by atoms with Crippen molar-refractivity contribution in [1.82, 2.24) is 19.5 Å². The molecule has 1 aliphatic rings. The molecule has 8 heteroatoms. The number of benzene rings is 1. The minimum absolute atomic E-state index is 0.537. The Labute approximate surface area is 164 Å². The van der Waals surface area contributed by atoms with Gasteiger partial charge in [0.1, 0.15) is 3.70 Å². The number of hydrogen-bond donors (Lipinski definition) is 1. The standard InChI is InChI=1S/C18H18IN5O2/c1-12-15(10-17-20-11-16(19)24(17)21-12)13-2-4-14(5-3-13)22-6-8-23(9-7-22)18(25)26/h2-5,10-11H,6-9H2,1H3,(H,25,26). The zero-order valence-corrected chi connectivity index (χ0v) is 16.4. The van der Waals surface area contributed by atoms with E-state index in [-0.39, 0.29) is 0 Å². The second-order valence-electron chi connectivity index (χ2n) is 6.30. The van der Waals surface area contributed by atoms with E-state index in [9.17, 15) is 4.79 Å². The monoisotopic (exact) mass is 463 g/mol. The molecule has 1 fully saturated rings. The first-order valence-electron chi connectivity index (χ1n) is 8.37. The van der Waals surface area contributed by atoms with Gasteiger partial charge in [-0.1, -0.05) is 12.1 Å². The van der Waals surface area contributed by atoms with Crippen molar-refractivity contribution in [2.24, 2.45) is 0 Å². The maximum absolute atomic E-state index is 11.0. The zero-order valence-electron chi connectivity index (χ0n) is 14.3. The van der Waals surface area contributed by atoms with Gasteiger partial charge in [-0.2, -0.15) is 5.10 Å². The number of fused-ring (bicyclic) bond motifs is 1. The van der Waals surface area contributed by atoms with Crippen LogP contribution in [0.5, 0.6) is 0 Å². The highest BCUT2D eigenvalue weighted by Gasteiger charge is 2.20. The van der Waals surface area contributed by atoms with Gasteiger partial charge >= 0.3 is 6.09 Å². The van der Waals surface area contributed by atoms with Crippen LogP contribution in [0, 0.1) is 10.6 Å². The lowest BCUT2D eigenvalue weighted by Gasteiger charge is -2.34. The minimum atomic E-state index is -0.841. The van der Waals surface area contributed by atoms with Crippen LogP contribution in [-0.4, -0.2) is 56.9 Å². The summed E-state index contributed by atoms with van der Waals surface area (Å²) in [5.41, 5.74) is 5.08. The predicted molar refractivity (Wildman–Crippen MR) is 108 cm³/mol. The summed E-state index contributed by atoms with van der Waals surface area (Å²) in [5, 5.41) is 13.7. The number of aryl methyl sites for hydroxylation is 1. The number of piperazine rings is 1. The third kappa shape index (κ3) is 3.09. The van der Waals surface area contributed by atoms with Gasteiger partial charge in [0.25, 0.3) is 0 Å². The summed E-state index contributed by atoms with van der Waals surface area (Å²) in [4.78, 5) is 19.1. The first-order valence-corrected chi connectivity index (χ1v) is 9.45. The second kappa shape index (κ2) is 6.75. The van der Waals surface area contributed by atoms with Crippen molar-refractivity contribution in [3.63, 3.8) is 0 Å². The number of amides is 1. The van der Waals surface area contributed by atoms with Crippen LogP contribution in [0.25, 0.3) is 16.8 Å². The van der Waals surface area contributed by atoms with Gasteiger partial charge in [0.05, 0.1) is 11.9 Å². The van der Waals surface area contributed by atoms with Gasteiger partial charge < -0.3 is 14.9 Å². The smallest absolute Gasteiger partial charge is 0.407 e. The van der Waals surface area contributed by atoms with E-state index in [1.165, 1.54) is 4.90 Å². The van der Waals surface area contributed by atoms with Crippen LogP contribution in [0.2, 0.25) is 0 Å². The van der Waals surface area contributed by atoms with E-state index < -0.39 is 6.09 Å². The molecule has 1 aromatic carbocycles. The molecule has 4 rings (SSSR count). The van der Waals surface area contributed by atoms with Crippen LogP contribution >= 0.6 is 22.6 Å². The molecular formula is C18H18IN5O2. The van der Waals surface area contributed by atoms with E-state index in [0.29, 0.717) is 26.2 Å². The number of halogens is 1. The number of rotatable bonds is 2.